The van der Waals surface area contributed by atoms with Gasteiger partial charge in [-0.15, -0.1) is 0 Å². The topological polar surface area (TPSA) is 23.6 Å². The second kappa shape index (κ2) is 6.05. The summed E-state index contributed by atoms with van der Waals surface area (Å²) < 4.78 is 0. The molecule has 3 fully saturated rings. The zero-order valence-electron chi connectivity index (χ0n) is 13.2. The maximum Gasteiger partial charge on any atom is 0.222 e. The molecule has 0 aromatic carbocycles. The van der Waals surface area contributed by atoms with Crippen LogP contribution in [0.15, 0.2) is 0 Å². The number of likely N-dealkylation sites (tertiary alicyclic amines) is 1. The third-order valence-electron chi connectivity index (χ3n) is 6.27. The van der Waals surface area contributed by atoms with E-state index in [1.165, 1.54) is 25.7 Å². The van der Waals surface area contributed by atoms with E-state index in [0.29, 0.717) is 17.9 Å². The minimum Gasteiger partial charge on any atom is -0.343 e. The van der Waals surface area contributed by atoms with Gasteiger partial charge in [-0.3, -0.25) is 4.79 Å². The monoisotopic (exact) mass is 278 g/mol. The van der Waals surface area contributed by atoms with E-state index in [1.807, 2.05) is 7.05 Å². The van der Waals surface area contributed by atoms with Crippen LogP contribution in [0, 0.1) is 17.8 Å². The smallest absolute Gasteiger partial charge is 0.222 e. The maximum absolute atomic E-state index is 12.5. The number of rotatable bonds is 4. The van der Waals surface area contributed by atoms with E-state index in [-0.39, 0.29) is 0 Å². The van der Waals surface area contributed by atoms with Gasteiger partial charge in [-0.1, -0.05) is 13.3 Å². The fraction of sp³-hybridized carbons (Fsp3) is 0.941. The summed E-state index contributed by atoms with van der Waals surface area (Å²) in [6.07, 6.45) is 8.71. The highest BCUT2D eigenvalue weighted by Crippen LogP contribution is 2.49. The predicted octanol–water partition coefficient (Wildman–Crippen LogP) is 2.76. The molecule has 1 saturated heterocycles. The fourth-order valence-corrected chi connectivity index (χ4v) is 4.82. The molecule has 0 aromatic rings. The zero-order valence-corrected chi connectivity index (χ0v) is 13.2. The third-order valence-corrected chi connectivity index (χ3v) is 6.27. The molecule has 0 spiro atoms. The molecule has 2 aliphatic carbocycles. The van der Waals surface area contributed by atoms with Crippen LogP contribution in [0.1, 0.15) is 51.9 Å². The van der Waals surface area contributed by atoms with Gasteiger partial charge in [-0.25, -0.2) is 0 Å². The van der Waals surface area contributed by atoms with Crippen LogP contribution in [0.4, 0.5) is 0 Å². The number of carbonyl (C=O) groups excluding carboxylic acids is 1. The molecule has 20 heavy (non-hydrogen) atoms. The van der Waals surface area contributed by atoms with Crippen molar-refractivity contribution in [2.75, 3.05) is 26.7 Å². The average molecular weight is 278 g/mol. The van der Waals surface area contributed by atoms with Crippen LogP contribution < -0.4 is 0 Å². The zero-order chi connectivity index (χ0) is 14.1. The van der Waals surface area contributed by atoms with Crippen LogP contribution in [0.5, 0.6) is 0 Å². The highest BCUT2D eigenvalue weighted by Gasteiger charge is 2.40. The van der Waals surface area contributed by atoms with Crippen LogP contribution >= 0.6 is 0 Å². The van der Waals surface area contributed by atoms with Gasteiger partial charge in [0.2, 0.25) is 5.91 Å². The summed E-state index contributed by atoms with van der Waals surface area (Å²) in [5, 5.41) is 0. The van der Waals surface area contributed by atoms with E-state index in [0.717, 1.165) is 50.7 Å². The summed E-state index contributed by atoms with van der Waals surface area (Å²) in [6.45, 7) is 5.69. The van der Waals surface area contributed by atoms with Crippen molar-refractivity contribution in [3.05, 3.63) is 0 Å². The first-order valence-corrected chi connectivity index (χ1v) is 8.65. The van der Waals surface area contributed by atoms with Crippen LogP contribution in [-0.4, -0.2) is 48.4 Å². The Hall–Kier alpha value is -0.570. The standard InChI is InChI=1S/C17H30N2O/c1-3-19-8-6-16(7-9-19)18(2)17(20)12-15-11-13-4-5-14(15)10-13/h13-16H,3-12H2,1-2H3. The van der Waals surface area contributed by atoms with Gasteiger partial charge in [0.05, 0.1) is 0 Å². The molecule has 1 aliphatic heterocycles. The molecule has 3 atom stereocenters. The maximum atomic E-state index is 12.5. The Morgan fingerprint density at radius 2 is 1.90 bits per heavy atom. The van der Waals surface area contributed by atoms with Crippen molar-refractivity contribution in [2.24, 2.45) is 17.8 Å². The number of piperidine rings is 1. The van der Waals surface area contributed by atoms with Crippen LogP contribution in [0.3, 0.4) is 0 Å². The number of amides is 1. The van der Waals surface area contributed by atoms with Gasteiger partial charge < -0.3 is 9.80 Å². The van der Waals surface area contributed by atoms with E-state index in [2.05, 4.69) is 16.7 Å². The lowest BCUT2D eigenvalue weighted by Gasteiger charge is -2.37. The van der Waals surface area contributed by atoms with Gasteiger partial charge in [-0.2, -0.15) is 0 Å². The molecular formula is C17H30N2O. The molecule has 2 bridgehead atoms. The van der Waals surface area contributed by atoms with Gasteiger partial charge >= 0.3 is 0 Å². The number of hydrogen-bond acceptors (Lipinski definition) is 2. The fourth-order valence-electron chi connectivity index (χ4n) is 4.82. The third kappa shape index (κ3) is 2.88. The van der Waals surface area contributed by atoms with E-state index in [9.17, 15) is 4.79 Å². The Balaban J connectivity index is 1.47. The van der Waals surface area contributed by atoms with Crippen LogP contribution in [-0.2, 0) is 4.79 Å². The molecular weight excluding hydrogens is 248 g/mol. The average Bonchev–Trinajstić information content (AvgIpc) is 3.09. The number of hydrogen-bond donors (Lipinski definition) is 0. The van der Waals surface area contributed by atoms with E-state index < -0.39 is 0 Å². The second-order valence-corrected chi connectivity index (χ2v) is 7.31. The lowest BCUT2D eigenvalue weighted by atomic mass is 9.86. The quantitative estimate of drug-likeness (QED) is 0.789. The van der Waals surface area contributed by atoms with Crippen molar-refractivity contribution in [1.82, 2.24) is 9.80 Å². The van der Waals surface area contributed by atoms with Crippen molar-refractivity contribution >= 4 is 5.91 Å². The number of fused-ring (bicyclic) bond motifs is 2. The molecule has 3 rings (SSSR count). The van der Waals surface area contributed by atoms with Gasteiger partial charge in [0.15, 0.2) is 0 Å². The highest BCUT2D eigenvalue weighted by molar-refractivity contribution is 5.76. The first-order valence-electron chi connectivity index (χ1n) is 8.65. The normalized spacial score (nSPS) is 34.6. The van der Waals surface area contributed by atoms with Crippen LogP contribution in [0.2, 0.25) is 0 Å². The number of carbonyl (C=O) groups is 1. The van der Waals surface area contributed by atoms with Gasteiger partial charge in [0.25, 0.3) is 0 Å². The SMILES string of the molecule is CCN1CCC(N(C)C(=O)CC2CC3CCC2C3)CC1. The lowest BCUT2D eigenvalue weighted by molar-refractivity contribution is -0.134. The minimum absolute atomic E-state index is 0.414. The largest absolute Gasteiger partial charge is 0.343 e. The number of nitrogens with zero attached hydrogens (tertiary/aromatic N) is 2. The summed E-state index contributed by atoms with van der Waals surface area (Å²) >= 11 is 0. The molecule has 0 radical (unpaired) electrons. The second-order valence-electron chi connectivity index (χ2n) is 7.31. The minimum atomic E-state index is 0.414. The Labute approximate surface area is 123 Å². The molecule has 3 nitrogen and oxygen atoms in total. The Kier molecular flexibility index (Phi) is 4.34. The van der Waals surface area contributed by atoms with Crippen molar-refractivity contribution in [3.8, 4) is 0 Å². The molecule has 114 valence electrons. The molecule has 0 N–H and O–H groups in total. The highest BCUT2D eigenvalue weighted by atomic mass is 16.2. The first kappa shape index (κ1) is 14.4. The van der Waals surface area contributed by atoms with Gasteiger partial charge in [0.1, 0.15) is 0 Å². The summed E-state index contributed by atoms with van der Waals surface area (Å²) in [7, 11) is 2.04. The molecule has 0 aromatic heterocycles. The lowest BCUT2D eigenvalue weighted by Crippen LogP contribution is -2.46. The molecule has 2 saturated carbocycles. The van der Waals surface area contributed by atoms with Crippen molar-refractivity contribution in [2.45, 2.75) is 57.9 Å². The molecule has 3 aliphatic rings. The van der Waals surface area contributed by atoms with Crippen molar-refractivity contribution < 1.29 is 4.79 Å². The predicted molar refractivity (Wildman–Crippen MR) is 81.5 cm³/mol. The summed E-state index contributed by atoms with van der Waals surface area (Å²) in [6, 6.07) is 0.490. The Morgan fingerprint density at radius 1 is 1.15 bits per heavy atom. The Bertz CT molecular complexity index is 349. The van der Waals surface area contributed by atoms with Gasteiger partial charge in [-0.05, 0) is 56.4 Å². The summed E-state index contributed by atoms with van der Waals surface area (Å²) in [5.41, 5.74) is 0. The first-order chi connectivity index (χ1) is 9.67. The van der Waals surface area contributed by atoms with Crippen LogP contribution in [0.25, 0.3) is 0 Å². The summed E-state index contributed by atoms with van der Waals surface area (Å²) in [5.74, 6) is 2.95. The van der Waals surface area contributed by atoms with Gasteiger partial charge in [0, 0.05) is 32.6 Å². The molecule has 3 unspecified atom stereocenters. The van der Waals surface area contributed by atoms with E-state index in [4.69, 9.17) is 0 Å². The van der Waals surface area contributed by atoms with E-state index >= 15 is 0 Å². The molecule has 3 heteroatoms. The summed E-state index contributed by atoms with van der Waals surface area (Å²) in [4.78, 5) is 17.1. The molecule has 1 amide bonds. The molecule has 1 heterocycles. The Morgan fingerprint density at radius 3 is 2.45 bits per heavy atom. The van der Waals surface area contributed by atoms with Crippen molar-refractivity contribution in [1.29, 1.82) is 0 Å². The van der Waals surface area contributed by atoms with Crippen molar-refractivity contribution in [3.63, 3.8) is 0 Å². The van der Waals surface area contributed by atoms with E-state index in [1.54, 1.807) is 0 Å².